The fourth-order valence-electron chi connectivity index (χ4n) is 2.03. The zero-order valence-corrected chi connectivity index (χ0v) is 11.5. The number of phenolic OH excluding ortho intramolecular Hbond substituents is 1. The minimum absolute atomic E-state index is 0.0814. The summed E-state index contributed by atoms with van der Waals surface area (Å²) in [6.45, 7) is 1.86. The normalized spacial score (nSPS) is 10.1. The van der Waals surface area contributed by atoms with Gasteiger partial charge in [0.05, 0.1) is 7.11 Å². The molecule has 0 aromatic heterocycles. The van der Waals surface area contributed by atoms with Gasteiger partial charge in [0.2, 0.25) is 5.91 Å². The van der Waals surface area contributed by atoms with E-state index in [1.807, 2.05) is 30.3 Å². The number of nitrogens with one attached hydrogen (secondary N) is 1. The summed E-state index contributed by atoms with van der Waals surface area (Å²) in [5.41, 5.74) is 2.74. The fraction of sp³-hybridized carbons (Fsp3) is 0.188. The van der Waals surface area contributed by atoms with Crippen molar-refractivity contribution in [3.05, 3.63) is 48.0 Å². The van der Waals surface area contributed by atoms with Crippen molar-refractivity contribution < 1.29 is 14.6 Å². The smallest absolute Gasteiger partial charge is 0.217 e. The largest absolute Gasteiger partial charge is 0.504 e. The molecule has 0 saturated heterocycles. The zero-order valence-electron chi connectivity index (χ0n) is 11.5. The Labute approximate surface area is 118 Å². The first kappa shape index (κ1) is 13.9. The molecule has 0 spiro atoms. The molecule has 2 aromatic carbocycles. The lowest BCUT2D eigenvalue weighted by molar-refractivity contribution is -0.119. The second-order valence-electron chi connectivity index (χ2n) is 4.46. The van der Waals surface area contributed by atoms with Crippen LogP contribution in [0.4, 0.5) is 0 Å². The van der Waals surface area contributed by atoms with Crippen molar-refractivity contribution in [3.63, 3.8) is 0 Å². The summed E-state index contributed by atoms with van der Waals surface area (Å²) in [5.74, 6) is 0.374. The second kappa shape index (κ2) is 6.10. The van der Waals surface area contributed by atoms with Crippen LogP contribution in [0.2, 0.25) is 0 Å². The lowest BCUT2D eigenvalue weighted by atomic mass is 9.98. The second-order valence-corrected chi connectivity index (χ2v) is 4.46. The van der Waals surface area contributed by atoms with Crippen LogP contribution < -0.4 is 10.1 Å². The Morgan fingerprint density at radius 2 is 1.95 bits per heavy atom. The molecule has 2 N–H and O–H groups in total. The molecule has 0 radical (unpaired) electrons. The Bertz CT molecular complexity index is 609. The minimum Gasteiger partial charge on any atom is -0.504 e. The Balaban J connectivity index is 2.47. The molecule has 1 amide bonds. The quantitative estimate of drug-likeness (QED) is 0.899. The van der Waals surface area contributed by atoms with Crippen LogP contribution in [0, 0.1) is 0 Å². The summed E-state index contributed by atoms with van der Waals surface area (Å²) in [6, 6.07) is 13.1. The van der Waals surface area contributed by atoms with Crippen LogP contribution in [0.15, 0.2) is 42.5 Å². The fourth-order valence-corrected chi connectivity index (χ4v) is 2.03. The molecule has 0 saturated carbocycles. The van der Waals surface area contributed by atoms with Crippen molar-refractivity contribution in [1.82, 2.24) is 5.32 Å². The Hall–Kier alpha value is -2.49. The molecular weight excluding hydrogens is 254 g/mol. The molecule has 0 bridgehead atoms. The first-order valence-corrected chi connectivity index (χ1v) is 6.31. The molecule has 4 heteroatoms. The van der Waals surface area contributed by atoms with E-state index in [1.165, 1.54) is 14.0 Å². The molecule has 0 fully saturated rings. The van der Waals surface area contributed by atoms with Crippen LogP contribution in [-0.2, 0) is 11.3 Å². The number of carbonyl (C=O) groups excluding carboxylic acids is 1. The zero-order chi connectivity index (χ0) is 14.5. The number of hydrogen-bond donors (Lipinski definition) is 2. The van der Waals surface area contributed by atoms with E-state index in [0.717, 1.165) is 16.7 Å². The van der Waals surface area contributed by atoms with Crippen LogP contribution >= 0.6 is 0 Å². The number of methoxy groups -OCH3 is 1. The number of carbonyl (C=O) groups is 1. The SMILES string of the molecule is COc1cc(CNC(C)=O)c(-c2ccccc2)cc1O. The van der Waals surface area contributed by atoms with E-state index in [-0.39, 0.29) is 11.7 Å². The van der Waals surface area contributed by atoms with Crippen LogP contribution in [0.5, 0.6) is 11.5 Å². The number of aromatic hydroxyl groups is 1. The molecule has 0 aliphatic carbocycles. The molecule has 20 heavy (non-hydrogen) atoms. The number of rotatable bonds is 4. The lowest BCUT2D eigenvalue weighted by Crippen LogP contribution is -2.19. The van der Waals surface area contributed by atoms with Gasteiger partial charge in [-0.2, -0.15) is 0 Å². The minimum atomic E-state index is -0.101. The van der Waals surface area contributed by atoms with E-state index < -0.39 is 0 Å². The van der Waals surface area contributed by atoms with Gasteiger partial charge >= 0.3 is 0 Å². The van der Waals surface area contributed by atoms with Crippen molar-refractivity contribution in [3.8, 4) is 22.6 Å². The van der Waals surface area contributed by atoms with E-state index in [9.17, 15) is 9.90 Å². The van der Waals surface area contributed by atoms with Gasteiger partial charge in [0.25, 0.3) is 0 Å². The van der Waals surface area contributed by atoms with Gasteiger partial charge < -0.3 is 15.2 Å². The van der Waals surface area contributed by atoms with Crippen molar-refractivity contribution in [2.45, 2.75) is 13.5 Å². The van der Waals surface area contributed by atoms with Crippen LogP contribution in [0.25, 0.3) is 11.1 Å². The van der Waals surface area contributed by atoms with Crippen molar-refractivity contribution in [2.24, 2.45) is 0 Å². The summed E-state index contributed by atoms with van der Waals surface area (Å²) in [4.78, 5) is 11.1. The van der Waals surface area contributed by atoms with Gasteiger partial charge in [-0.05, 0) is 28.8 Å². The van der Waals surface area contributed by atoms with E-state index in [4.69, 9.17) is 4.74 Å². The van der Waals surface area contributed by atoms with E-state index in [0.29, 0.717) is 12.3 Å². The highest BCUT2D eigenvalue weighted by Gasteiger charge is 2.11. The predicted molar refractivity (Wildman–Crippen MR) is 77.6 cm³/mol. The first-order valence-electron chi connectivity index (χ1n) is 6.31. The van der Waals surface area contributed by atoms with Gasteiger partial charge in [0.15, 0.2) is 11.5 Å². The predicted octanol–water partition coefficient (Wildman–Crippen LogP) is 2.70. The Morgan fingerprint density at radius 3 is 2.55 bits per heavy atom. The van der Waals surface area contributed by atoms with E-state index in [1.54, 1.807) is 12.1 Å². The molecule has 0 aliphatic heterocycles. The average Bonchev–Trinajstić information content (AvgIpc) is 2.46. The molecule has 2 aromatic rings. The Morgan fingerprint density at radius 1 is 1.25 bits per heavy atom. The first-order chi connectivity index (χ1) is 9.61. The molecule has 0 aliphatic rings. The Kier molecular flexibility index (Phi) is 4.25. The number of benzene rings is 2. The summed E-state index contributed by atoms with van der Waals surface area (Å²) >= 11 is 0. The van der Waals surface area contributed by atoms with Gasteiger partial charge in [-0.1, -0.05) is 30.3 Å². The third-order valence-electron chi connectivity index (χ3n) is 3.02. The number of amides is 1. The summed E-state index contributed by atoms with van der Waals surface area (Å²) in [7, 11) is 1.50. The van der Waals surface area contributed by atoms with Crippen LogP contribution in [-0.4, -0.2) is 18.1 Å². The third kappa shape index (κ3) is 3.09. The molecule has 104 valence electrons. The van der Waals surface area contributed by atoms with Crippen LogP contribution in [0.3, 0.4) is 0 Å². The summed E-state index contributed by atoms with van der Waals surface area (Å²) in [5, 5.41) is 12.7. The van der Waals surface area contributed by atoms with Gasteiger partial charge in [-0.3, -0.25) is 4.79 Å². The number of phenols is 1. The summed E-state index contributed by atoms with van der Waals surface area (Å²) < 4.78 is 5.12. The van der Waals surface area contributed by atoms with Gasteiger partial charge in [0, 0.05) is 13.5 Å². The van der Waals surface area contributed by atoms with Gasteiger partial charge in [0.1, 0.15) is 0 Å². The van der Waals surface area contributed by atoms with Crippen molar-refractivity contribution >= 4 is 5.91 Å². The molecule has 4 nitrogen and oxygen atoms in total. The monoisotopic (exact) mass is 271 g/mol. The molecule has 2 rings (SSSR count). The number of hydrogen-bond acceptors (Lipinski definition) is 3. The van der Waals surface area contributed by atoms with Gasteiger partial charge in [-0.25, -0.2) is 0 Å². The average molecular weight is 271 g/mol. The van der Waals surface area contributed by atoms with E-state index in [2.05, 4.69) is 5.32 Å². The van der Waals surface area contributed by atoms with Crippen molar-refractivity contribution in [2.75, 3.05) is 7.11 Å². The highest BCUT2D eigenvalue weighted by Crippen LogP contribution is 2.34. The molecular formula is C16H17NO3. The maximum absolute atomic E-state index is 11.1. The third-order valence-corrected chi connectivity index (χ3v) is 3.02. The van der Waals surface area contributed by atoms with Crippen LogP contribution in [0.1, 0.15) is 12.5 Å². The molecule has 0 atom stereocenters. The topological polar surface area (TPSA) is 58.6 Å². The van der Waals surface area contributed by atoms with E-state index >= 15 is 0 Å². The standard InChI is InChI=1S/C16H17NO3/c1-11(18)17-10-13-8-16(20-2)15(19)9-14(13)12-6-4-3-5-7-12/h3-9,19H,10H2,1-2H3,(H,17,18). The highest BCUT2D eigenvalue weighted by molar-refractivity contribution is 5.75. The highest BCUT2D eigenvalue weighted by atomic mass is 16.5. The maximum atomic E-state index is 11.1. The number of ether oxygens (including phenoxy) is 1. The lowest BCUT2D eigenvalue weighted by Gasteiger charge is -2.13. The molecule has 0 unspecified atom stereocenters. The molecule has 0 heterocycles. The van der Waals surface area contributed by atoms with Crippen molar-refractivity contribution in [1.29, 1.82) is 0 Å². The maximum Gasteiger partial charge on any atom is 0.217 e. The summed E-state index contributed by atoms with van der Waals surface area (Å²) in [6.07, 6.45) is 0. The van der Waals surface area contributed by atoms with Gasteiger partial charge in [-0.15, -0.1) is 0 Å².